The lowest BCUT2D eigenvalue weighted by molar-refractivity contribution is -0.136. The molecule has 0 aliphatic carbocycles. The summed E-state index contributed by atoms with van der Waals surface area (Å²) in [5.74, 6) is 6.03. The van der Waals surface area contributed by atoms with E-state index in [1.807, 2.05) is 49.5 Å². The van der Waals surface area contributed by atoms with Gasteiger partial charge in [0.25, 0.3) is 0 Å². The maximum atomic E-state index is 15.3. The molecule has 0 bridgehead atoms. The van der Waals surface area contributed by atoms with Crippen LogP contribution in [0.15, 0.2) is 83.4 Å². The molecule has 4 aliphatic heterocycles. The molecule has 63 heavy (non-hydrogen) atoms. The Morgan fingerprint density at radius 3 is 2.65 bits per heavy atom. The maximum Gasteiger partial charge on any atom is 0.237 e. The third-order valence-corrected chi connectivity index (χ3v) is 12.2. The number of piperidine rings is 2. The highest BCUT2D eigenvalue weighted by Crippen LogP contribution is 2.36. The molecule has 3 amide bonds. The van der Waals surface area contributed by atoms with Crippen molar-refractivity contribution in [2.75, 3.05) is 73.4 Å². The van der Waals surface area contributed by atoms with Crippen LogP contribution in [-0.2, 0) is 32.0 Å². The maximum absolute atomic E-state index is 15.3. The number of amides is 3. The summed E-state index contributed by atoms with van der Waals surface area (Å²) >= 11 is 0. The molecule has 0 saturated carbocycles. The largest absolute Gasteiger partial charge is 0.474 e. The van der Waals surface area contributed by atoms with E-state index in [2.05, 4.69) is 69.7 Å². The molecule has 7 rings (SSSR count). The van der Waals surface area contributed by atoms with Crippen molar-refractivity contribution in [3.8, 4) is 17.7 Å². The summed E-state index contributed by atoms with van der Waals surface area (Å²) < 4.78 is 27.0. The van der Waals surface area contributed by atoms with Gasteiger partial charge in [-0.1, -0.05) is 37.1 Å². The number of benzene rings is 2. The van der Waals surface area contributed by atoms with Crippen LogP contribution in [-0.4, -0.2) is 92.9 Å². The Balaban J connectivity index is 0.846. The number of aliphatic imine (C=N–C) groups is 1. The molecule has 0 spiro atoms. The standard InChI is InChI=1S/C49H57FN8O5/c1-31(2)56(6)43-24-35(9-10-37(43)25-38-12-14-45(59)55-48(38)61)8-7-22-62-41-16-20-57(21-17-41)46(60)26-36-11-13-40(27-42(36)50)54-34(5)52-28-39-15-19-58(30-32(39)3)44-29-53-49-47(33(44)4)51-18-23-63-49/h9-11,13,24,27-29,38,41,51,54H,1,5,12,14-23,25-26,30H2,2-4,6H3,(H,55,59,61)/b52-28-. The van der Waals surface area contributed by atoms with Crippen molar-refractivity contribution in [3.63, 3.8) is 0 Å². The van der Waals surface area contributed by atoms with Crippen LogP contribution in [0, 0.1) is 30.5 Å². The van der Waals surface area contributed by atoms with Crippen LogP contribution in [0.2, 0.25) is 0 Å². The molecule has 2 saturated heterocycles. The van der Waals surface area contributed by atoms with E-state index in [9.17, 15) is 14.4 Å². The van der Waals surface area contributed by atoms with Crippen molar-refractivity contribution in [2.45, 2.75) is 71.8 Å². The van der Waals surface area contributed by atoms with Crippen LogP contribution >= 0.6 is 0 Å². The Labute approximate surface area is 369 Å². The predicted octanol–water partition coefficient (Wildman–Crippen LogP) is 6.68. The number of imide groups is 1. The van der Waals surface area contributed by atoms with E-state index in [0.29, 0.717) is 74.8 Å². The Morgan fingerprint density at radius 2 is 1.90 bits per heavy atom. The number of allylic oxidation sites excluding steroid dienone is 1. The molecule has 4 aliphatic rings. The number of nitrogens with zero attached hydrogens (tertiary/aromatic N) is 5. The van der Waals surface area contributed by atoms with E-state index in [4.69, 9.17) is 9.47 Å². The molecule has 2 fully saturated rings. The molecular formula is C49H57FN8O5. The van der Waals surface area contributed by atoms with Gasteiger partial charge in [0.15, 0.2) is 0 Å². The SMILES string of the molecule is C=C(/N=C\C1=C(C)CN(c2cnc3c(c2C)NCCO3)CC1)Nc1ccc(CC(=O)N2CCC(OCC#Cc3ccc(CC4CCC(=O)NC4=O)c(N(C)C(=C)C)c3)CC2)c(F)c1. The highest BCUT2D eigenvalue weighted by molar-refractivity contribution is 5.98. The van der Waals surface area contributed by atoms with Crippen LogP contribution < -0.4 is 30.5 Å². The number of fused-ring (bicyclic) bond motifs is 1. The van der Waals surface area contributed by atoms with Gasteiger partial charge in [0.2, 0.25) is 23.6 Å². The van der Waals surface area contributed by atoms with E-state index in [1.54, 1.807) is 17.0 Å². The minimum atomic E-state index is -0.469. The van der Waals surface area contributed by atoms with Gasteiger partial charge in [-0.2, -0.15) is 0 Å². The number of rotatable bonds is 13. The molecule has 3 N–H and O–H groups in total. The fourth-order valence-corrected chi connectivity index (χ4v) is 8.34. The summed E-state index contributed by atoms with van der Waals surface area (Å²) in [7, 11) is 1.93. The third kappa shape index (κ3) is 11.1. The van der Waals surface area contributed by atoms with Crippen molar-refractivity contribution >= 4 is 46.7 Å². The molecule has 5 heterocycles. The second-order valence-corrected chi connectivity index (χ2v) is 16.7. The van der Waals surface area contributed by atoms with Gasteiger partial charge in [0.05, 0.1) is 24.4 Å². The quantitative estimate of drug-likeness (QED) is 0.0970. The summed E-state index contributed by atoms with van der Waals surface area (Å²) in [5.41, 5.74) is 9.90. The Hall–Kier alpha value is -6.46. The van der Waals surface area contributed by atoms with Crippen molar-refractivity contribution < 1.29 is 28.2 Å². The highest BCUT2D eigenvalue weighted by atomic mass is 19.1. The number of halogens is 1. The number of hydrogen-bond acceptors (Lipinski definition) is 11. The smallest absolute Gasteiger partial charge is 0.237 e. The van der Waals surface area contributed by atoms with Gasteiger partial charge in [-0.15, -0.1) is 0 Å². The lowest BCUT2D eigenvalue weighted by atomic mass is 9.90. The number of ether oxygens (including phenoxy) is 2. The number of carbonyl (C=O) groups is 3. The number of carbonyl (C=O) groups excluding carboxylic acids is 3. The topological polar surface area (TPSA) is 141 Å². The first-order valence-electron chi connectivity index (χ1n) is 21.6. The first-order valence-corrected chi connectivity index (χ1v) is 21.6. The molecule has 13 nitrogen and oxygen atoms in total. The fourth-order valence-electron chi connectivity index (χ4n) is 8.34. The minimum Gasteiger partial charge on any atom is -0.474 e. The summed E-state index contributed by atoms with van der Waals surface area (Å²) in [4.78, 5) is 52.4. The highest BCUT2D eigenvalue weighted by Gasteiger charge is 2.28. The molecule has 1 unspecified atom stereocenters. The number of aromatic nitrogens is 1. The van der Waals surface area contributed by atoms with E-state index < -0.39 is 5.82 Å². The van der Waals surface area contributed by atoms with Crippen molar-refractivity contribution in [2.24, 2.45) is 10.9 Å². The van der Waals surface area contributed by atoms with Gasteiger partial charge >= 0.3 is 0 Å². The molecule has 1 aromatic heterocycles. The number of anilines is 4. The molecule has 14 heteroatoms. The van der Waals surface area contributed by atoms with Crippen molar-refractivity contribution in [3.05, 3.63) is 106 Å². The molecule has 3 aromatic rings. The van der Waals surface area contributed by atoms with E-state index in [1.165, 1.54) is 11.6 Å². The Kier molecular flexibility index (Phi) is 14.3. The minimum absolute atomic E-state index is 0.0349. The molecule has 2 aromatic carbocycles. The van der Waals surface area contributed by atoms with Crippen molar-refractivity contribution in [1.29, 1.82) is 0 Å². The van der Waals surface area contributed by atoms with Gasteiger partial charge in [-0.05, 0) is 99.4 Å². The van der Waals surface area contributed by atoms with E-state index in [0.717, 1.165) is 71.1 Å². The van der Waals surface area contributed by atoms with Crippen LogP contribution in [0.5, 0.6) is 5.88 Å². The Bertz CT molecular complexity index is 2410. The third-order valence-electron chi connectivity index (χ3n) is 12.2. The number of pyridine rings is 1. The fraction of sp³-hybridized carbons (Fsp3) is 0.408. The predicted molar refractivity (Wildman–Crippen MR) is 246 cm³/mol. The summed E-state index contributed by atoms with van der Waals surface area (Å²) in [6.07, 6.45) is 7.16. The van der Waals surface area contributed by atoms with Crippen LogP contribution in [0.4, 0.5) is 27.1 Å². The molecule has 330 valence electrons. The van der Waals surface area contributed by atoms with Crippen molar-refractivity contribution in [1.82, 2.24) is 15.2 Å². The monoisotopic (exact) mass is 856 g/mol. The van der Waals surface area contributed by atoms with Crippen LogP contribution in [0.25, 0.3) is 0 Å². The first-order chi connectivity index (χ1) is 30.3. The number of likely N-dealkylation sites (tertiary alicyclic amines) is 1. The van der Waals surface area contributed by atoms with Gasteiger partial charge < -0.3 is 34.8 Å². The first kappa shape index (κ1) is 44.6. The van der Waals surface area contributed by atoms with Gasteiger partial charge in [0.1, 0.15) is 30.5 Å². The van der Waals surface area contributed by atoms with Crippen LogP contribution in [0.3, 0.4) is 0 Å². The second kappa shape index (κ2) is 20.2. The van der Waals surface area contributed by atoms with Crippen LogP contribution in [0.1, 0.15) is 68.2 Å². The zero-order valence-corrected chi connectivity index (χ0v) is 36.7. The normalized spacial score (nSPS) is 17.9. The van der Waals surface area contributed by atoms with E-state index in [-0.39, 0.29) is 42.8 Å². The van der Waals surface area contributed by atoms with E-state index >= 15 is 4.39 Å². The summed E-state index contributed by atoms with van der Waals surface area (Å²) in [6, 6.07) is 10.6. The lowest BCUT2D eigenvalue weighted by Crippen LogP contribution is -2.41. The van der Waals surface area contributed by atoms with Gasteiger partial charge in [0, 0.05) is 86.5 Å². The van der Waals surface area contributed by atoms with Gasteiger partial charge in [-0.25, -0.2) is 14.4 Å². The number of nitrogens with one attached hydrogen (secondary N) is 3. The lowest BCUT2D eigenvalue weighted by Gasteiger charge is -2.33. The second-order valence-electron chi connectivity index (χ2n) is 16.7. The summed E-state index contributed by atoms with van der Waals surface area (Å²) in [5, 5.41) is 8.94. The van der Waals surface area contributed by atoms with Gasteiger partial charge in [-0.3, -0.25) is 19.7 Å². The Morgan fingerprint density at radius 1 is 1.11 bits per heavy atom. The molecule has 1 atom stereocenters. The summed E-state index contributed by atoms with van der Waals surface area (Å²) in [6.45, 7) is 18.4. The number of hydrogen-bond donors (Lipinski definition) is 3. The molecular weight excluding hydrogens is 800 g/mol. The average molecular weight is 857 g/mol. The zero-order chi connectivity index (χ0) is 44.6. The molecule has 0 radical (unpaired) electrons. The zero-order valence-electron chi connectivity index (χ0n) is 36.7. The average Bonchev–Trinajstić information content (AvgIpc) is 3.27.